The van der Waals surface area contributed by atoms with Crippen LogP contribution < -0.4 is 15.8 Å². The molecule has 4 nitrogen and oxygen atoms in total. The van der Waals surface area contributed by atoms with Crippen LogP contribution in [0.25, 0.3) is 0 Å². The number of ether oxygens (including phenoxy) is 1. The highest BCUT2D eigenvalue weighted by Crippen LogP contribution is 2.20. The normalized spacial score (nSPS) is 12.0. The molecule has 110 valence electrons. The fourth-order valence-corrected chi connectivity index (χ4v) is 1.78. The number of nitrogens with two attached hydrogens (primary N) is 1. The molecular weight excluding hydrogens is 278 g/mol. The van der Waals surface area contributed by atoms with Crippen LogP contribution in [0.1, 0.15) is 11.6 Å². The highest BCUT2D eigenvalue weighted by molar-refractivity contribution is 5.95. The topological polar surface area (TPSA) is 64.4 Å². The van der Waals surface area contributed by atoms with Gasteiger partial charge in [0.15, 0.2) is 0 Å². The van der Waals surface area contributed by atoms with Crippen LogP contribution >= 0.6 is 0 Å². The summed E-state index contributed by atoms with van der Waals surface area (Å²) in [6.07, 6.45) is 0. The molecule has 0 fully saturated rings. The van der Waals surface area contributed by atoms with Gasteiger partial charge in [-0.1, -0.05) is 36.4 Å². The molecule has 1 atom stereocenters. The van der Waals surface area contributed by atoms with E-state index in [4.69, 9.17) is 5.73 Å². The minimum atomic E-state index is -2.91. The zero-order valence-electron chi connectivity index (χ0n) is 11.0. The minimum absolute atomic E-state index is 0.0314. The van der Waals surface area contributed by atoms with E-state index >= 15 is 0 Å². The minimum Gasteiger partial charge on any atom is -0.435 e. The van der Waals surface area contributed by atoms with Crippen molar-refractivity contribution < 1.29 is 18.3 Å². The molecule has 2 aromatic rings. The first-order valence-electron chi connectivity index (χ1n) is 6.22. The SMILES string of the molecule is N[C@H](C(=O)Nc1cccc(OC(F)F)c1)c1ccccc1. The average Bonchev–Trinajstić information content (AvgIpc) is 2.47. The summed E-state index contributed by atoms with van der Waals surface area (Å²) in [7, 11) is 0. The molecule has 3 N–H and O–H groups in total. The van der Waals surface area contributed by atoms with Crippen molar-refractivity contribution >= 4 is 11.6 Å². The lowest BCUT2D eigenvalue weighted by Crippen LogP contribution is -2.27. The molecule has 1 amide bonds. The van der Waals surface area contributed by atoms with Crippen molar-refractivity contribution in [3.63, 3.8) is 0 Å². The number of alkyl halides is 2. The van der Waals surface area contributed by atoms with Crippen LogP contribution in [0.2, 0.25) is 0 Å². The van der Waals surface area contributed by atoms with Crippen LogP contribution in [0.15, 0.2) is 54.6 Å². The van der Waals surface area contributed by atoms with Gasteiger partial charge in [-0.15, -0.1) is 0 Å². The number of carbonyl (C=O) groups is 1. The van der Waals surface area contributed by atoms with Crippen LogP contribution in [0, 0.1) is 0 Å². The van der Waals surface area contributed by atoms with Gasteiger partial charge in [0.05, 0.1) is 0 Å². The van der Waals surface area contributed by atoms with E-state index < -0.39 is 18.6 Å². The Kier molecular flexibility index (Phi) is 4.84. The second-order valence-electron chi connectivity index (χ2n) is 4.28. The van der Waals surface area contributed by atoms with E-state index in [1.54, 1.807) is 30.3 Å². The molecule has 6 heteroatoms. The maximum atomic E-state index is 12.1. The largest absolute Gasteiger partial charge is 0.435 e. The Hall–Kier alpha value is -2.47. The Bertz CT molecular complexity index is 606. The molecule has 0 unspecified atom stereocenters. The molecule has 21 heavy (non-hydrogen) atoms. The predicted molar refractivity (Wildman–Crippen MR) is 75.1 cm³/mol. The molecule has 0 radical (unpaired) electrons. The highest BCUT2D eigenvalue weighted by Gasteiger charge is 2.15. The van der Waals surface area contributed by atoms with Gasteiger partial charge in [0.25, 0.3) is 0 Å². The Balaban J connectivity index is 2.06. The summed E-state index contributed by atoms with van der Waals surface area (Å²) in [5.74, 6) is -0.466. The lowest BCUT2D eigenvalue weighted by atomic mass is 10.1. The van der Waals surface area contributed by atoms with Crippen molar-refractivity contribution in [2.45, 2.75) is 12.7 Å². The lowest BCUT2D eigenvalue weighted by Gasteiger charge is -2.13. The van der Waals surface area contributed by atoms with E-state index in [2.05, 4.69) is 10.1 Å². The van der Waals surface area contributed by atoms with Gasteiger partial charge in [0.1, 0.15) is 11.8 Å². The van der Waals surface area contributed by atoms with Crippen LogP contribution in [-0.4, -0.2) is 12.5 Å². The summed E-state index contributed by atoms with van der Waals surface area (Å²) in [6.45, 7) is -2.91. The number of halogens is 2. The first-order valence-corrected chi connectivity index (χ1v) is 6.22. The molecule has 0 bridgehead atoms. The van der Waals surface area contributed by atoms with E-state index in [0.717, 1.165) is 0 Å². The first kappa shape index (κ1) is 14.9. The Morgan fingerprint density at radius 2 is 1.81 bits per heavy atom. The summed E-state index contributed by atoms with van der Waals surface area (Å²) < 4.78 is 28.5. The standard InChI is InChI=1S/C15H14F2N2O2/c16-15(17)21-12-8-4-7-11(9-12)19-14(20)13(18)10-5-2-1-3-6-10/h1-9,13,15H,18H2,(H,19,20)/t13-/m0/s1. The second kappa shape index (κ2) is 6.81. The second-order valence-corrected chi connectivity index (χ2v) is 4.28. The van der Waals surface area contributed by atoms with Crippen molar-refractivity contribution in [3.05, 3.63) is 60.2 Å². The van der Waals surface area contributed by atoms with Gasteiger partial charge in [0.2, 0.25) is 5.91 Å². The summed E-state index contributed by atoms with van der Waals surface area (Å²) in [5, 5.41) is 2.56. The van der Waals surface area contributed by atoms with Gasteiger partial charge in [-0.2, -0.15) is 8.78 Å². The monoisotopic (exact) mass is 292 g/mol. The number of rotatable bonds is 5. The van der Waals surface area contributed by atoms with Crippen molar-refractivity contribution in [3.8, 4) is 5.75 Å². The summed E-state index contributed by atoms with van der Waals surface area (Å²) in [5.41, 5.74) is 6.84. The quantitative estimate of drug-likeness (QED) is 0.890. The van der Waals surface area contributed by atoms with Gasteiger partial charge in [-0.05, 0) is 17.7 Å². The van der Waals surface area contributed by atoms with Crippen LogP contribution in [-0.2, 0) is 4.79 Å². The van der Waals surface area contributed by atoms with Crippen LogP contribution in [0.4, 0.5) is 14.5 Å². The number of hydrogen-bond donors (Lipinski definition) is 2. The number of benzene rings is 2. The lowest BCUT2D eigenvalue weighted by molar-refractivity contribution is -0.117. The third-order valence-electron chi connectivity index (χ3n) is 2.77. The van der Waals surface area contributed by atoms with Crippen LogP contribution in [0.5, 0.6) is 5.75 Å². The van der Waals surface area contributed by atoms with Gasteiger partial charge in [-0.3, -0.25) is 4.79 Å². The summed E-state index contributed by atoms with van der Waals surface area (Å²) in [4.78, 5) is 12.0. The van der Waals surface area contributed by atoms with Gasteiger partial charge < -0.3 is 15.8 Å². The molecular formula is C15H14F2N2O2. The number of amides is 1. The molecule has 0 saturated heterocycles. The Labute approximate surface area is 120 Å². The molecule has 2 aromatic carbocycles. The number of carbonyl (C=O) groups excluding carboxylic acids is 1. The Morgan fingerprint density at radius 1 is 1.10 bits per heavy atom. The molecule has 0 saturated carbocycles. The van der Waals surface area contributed by atoms with E-state index in [0.29, 0.717) is 11.3 Å². The van der Waals surface area contributed by atoms with Crippen molar-refractivity contribution in [1.29, 1.82) is 0 Å². The predicted octanol–water partition coefficient (Wildman–Crippen LogP) is 2.93. The molecule has 0 spiro atoms. The van der Waals surface area contributed by atoms with E-state index in [9.17, 15) is 13.6 Å². The van der Waals surface area contributed by atoms with Crippen LogP contribution in [0.3, 0.4) is 0 Å². The maximum Gasteiger partial charge on any atom is 0.387 e. The zero-order chi connectivity index (χ0) is 15.2. The third kappa shape index (κ3) is 4.25. The fourth-order valence-electron chi connectivity index (χ4n) is 1.78. The van der Waals surface area contributed by atoms with Crippen molar-refractivity contribution in [2.75, 3.05) is 5.32 Å². The number of anilines is 1. The summed E-state index contributed by atoms with van der Waals surface area (Å²) >= 11 is 0. The van der Waals surface area contributed by atoms with Gasteiger partial charge >= 0.3 is 6.61 Å². The molecule has 0 heterocycles. The zero-order valence-corrected chi connectivity index (χ0v) is 11.0. The smallest absolute Gasteiger partial charge is 0.387 e. The summed E-state index contributed by atoms with van der Waals surface area (Å²) in [6, 6.07) is 13.8. The van der Waals surface area contributed by atoms with Gasteiger partial charge in [0, 0.05) is 11.8 Å². The van der Waals surface area contributed by atoms with E-state index in [-0.39, 0.29) is 5.75 Å². The van der Waals surface area contributed by atoms with Crippen molar-refractivity contribution in [2.24, 2.45) is 5.73 Å². The van der Waals surface area contributed by atoms with Crippen molar-refractivity contribution in [1.82, 2.24) is 0 Å². The Morgan fingerprint density at radius 3 is 2.48 bits per heavy atom. The molecule has 0 aliphatic carbocycles. The molecule has 0 aliphatic rings. The first-order chi connectivity index (χ1) is 10.1. The molecule has 0 aromatic heterocycles. The third-order valence-corrected chi connectivity index (χ3v) is 2.77. The molecule has 0 aliphatic heterocycles. The number of nitrogens with one attached hydrogen (secondary N) is 1. The van der Waals surface area contributed by atoms with E-state index in [1.165, 1.54) is 18.2 Å². The number of hydrogen-bond acceptors (Lipinski definition) is 3. The fraction of sp³-hybridized carbons (Fsp3) is 0.133. The highest BCUT2D eigenvalue weighted by atomic mass is 19.3. The maximum absolute atomic E-state index is 12.1. The average molecular weight is 292 g/mol. The van der Waals surface area contributed by atoms with E-state index in [1.807, 2.05) is 6.07 Å². The molecule has 2 rings (SSSR count). The van der Waals surface area contributed by atoms with Gasteiger partial charge in [-0.25, -0.2) is 0 Å².